The molecule has 1 unspecified atom stereocenters. The zero-order chi connectivity index (χ0) is 15.4. The second kappa shape index (κ2) is 6.58. The van der Waals surface area contributed by atoms with Gasteiger partial charge in [-0.25, -0.2) is 0 Å². The van der Waals surface area contributed by atoms with E-state index >= 15 is 0 Å². The van der Waals surface area contributed by atoms with Gasteiger partial charge in [0.05, 0.1) is 13.2 Å². The van der Waals surface area contributed by atoms with Crippen LogP contribution < -0.4 is 11.1 Å². The van der Waals surface area contributed by atoms with Gasteiger partial charge in [-0.15, -0.1) is 0 Å². The number of nitrogens with two attached hydrogens (primary N) is 1. The van der Waals surface area contributed by atoms with Crippen molar-refractivity contribution in [2.24, 2.45) is 0 Å². The number of nitrogens with zero attached hydrogens (tertiary/aromatic N) is 1. The van der Waals surface area contributed by atoms with Gasteiger partial charge in [-0.3, -0.25) is 9.59 Å². The summed E-state index contributed by atoms with van der Waals surface area (Å²) in [7, 11) is 0. The molecule has 0 spiro atoms. The fraction of sp³-hybridized carbons (Fsp3) is 0.467. The second-order valence-electron chi connectivity index (χ2n) is 5.06. The maximum atomic E-state index is 12.6. The quantitative estimate of drug-likeness (QED) is 0.797. The maximum Gasteiger partial charge on any atom is 0.254 e. The molecular weight excluding hydrogens is 270 g/mol. The number of ether oxygens (including phenoxy) is 1. The summed E-state index contributed by atoms with van der Waals surface area (Å²) in [4.78, 5) is 26.3. The molecule has 0 aliphatic carbocycles. The van der Waals surface area contributed by atoms with Crippen molar-refractivity contribution in [1.29, 1.82) is 0 Å². The lowest BCUT2D eigenvalue weighted by Gasteiger charge is -2.34. The minimum atomic E-state index is -0.580. The molecule has 1 saturated heterocycles. The molecule has 0 radical (unpaired) electrons. The Morgan fingerprint density at radius 3 is 2.90 bits per heavy atom. The lowest BCUT2D eigenvalue weighted by molar-refractivity contribution is -0.130. The van der Waals surface area contributed by atoms with E-state index in [1.54, 1.807) is 23.1 Å². The van der Waals surface area contributed by atoms with Gasteiger partial charge in [-0.05, 0) is 37.6 Å². The van der Waals surface area contributed by atoms with Gasteiger partial charge in [0.1, 0.15) is 6.04 Å². The van der Waals surface area contributed by atoms with Crippen molar-refractivity contribution < 1.29 is 14.3 Å². The number of morpholine rings is 1. The van der Waals surface area contributed by atoms with Crippen molar-refractivity contribution in [3.63, 3.8) is 0 Å². The average molecular weight is 291 g/mol. The van der Waals surface area contributed by atoms with Crippen LogP contribution in [0.1, 0.15) is 22.8 Å². The number of rotatable bonds is 3. The topological polar surface area (TPSA) is 84.7 Å². The third-order valence-electron chi connectivity index (χ3n) is 3.56. The maximum absolute atomic E-state index is 12.6. The molecule has 114 valence electrons. The van der Waals surface area contributed by atoms with E-state index in [9.17, 15) is 9.59 Å². The Morgan fingerprint density at radius 1 is 1.48 bits per heavy atom. The Hall–Kier alpha value is -2.08. The number of benzene rings is 1. The van der Waals surface area contributed by atoms with E-state index in [2.05, 4.69) is 5.32 Å². The number of carbonyl (C=O) groups excluding carboxylic acids is 2. The Kier molecular flexibility index (Phi) is 4.80. The summed E-state index contributed by atoms with van der Waals surface area (Å²) in [6.45, 7) is 5.30. The molecule has 2 rings (SSSR count). The van der Waals surface area contributed by atoms with Gasteiger partial charge in [-0.2, -0.15) is 0 Å². The van der Waals surface area contributed by atoms with Crippen LogP contribution in [0.3, 0.4) is 0 Å². The van der Waals surface area contributed by atoms with Crippen LogP contribution in [-0.2, 0) is 9.53 Å². The predicted octanol–water partition coefficient (Wildman–Crippen LogP) is 0.554. The molecule has 1 aromatic rings. The Labute approximate surface area is 124 Å². The van der Waals surface area contributed by atoms with Gasteiger partial charge in [0.2, 0.25) is 5.91 Å². The summed E-state index contributed by atoms with van der Waals surface area (Å²) in [5.74, 6) is -0.352. The van der Waals surface area contributed by atoms with E-state index < -0.39 is 6.04 Å². The summed E-state index contributed by atoms with van der Waals surface area (Å²) in [6, 6.07) is 4.57. The first-order chi connectivity index (χ1) is 10.0. The van der Waals surface area contributed by atoms with Gasteiger partial charge in [0, 0.05) is 24.3 Å². The summed E-state index contributed by atoms with van der Waals surface area (Å²) in [5, 5.41) is 2.74. The Balaban J connectivity index is 2.21. The van der Waals surface area contributed by atoms with Crippen molar-refractivity contribution in [3.8, 4) is 0 Å². The molecule has 21 heavy (non-hydrogen) atoms. The second-order valence-corrected chi connectivity index (χ2v) is 5.06. The molecule has 0 bridgehead atoms. The minimum absolute atomic E-state index is 0.169. The normalized spacial score (nSPS) is 18.4. The number of nitrogens with one attached hydrogen (secondary N) is 1. The molecule has 1 aliphatic rings. The molecule has 2 amide bonds. The van der Waals surface area contributed by atoms with E-state index in [-0.39, 0.29) is 18.4 Å². The number of hydrogen-bond acceptors (Lipinski definition) is 4. The van der Waals surface area contributed by atoms with Crippen LogP contribution in [0.2, 0.25) is 0 Å². The van der Waals surface area contributed by atoms with Crippen LogP contribution in [0, 0.1) is 6.92 Å². The standard InChI is InChI=1S/C15H21N3O3/c1-3-17-14(19)13-9-21-7-6-18(13)15(20)11-4-5-12(16)10(2)8-11/h4-5,8,13H,3,6-7,9,16H2,1-2H3,(H,17,19). The van der Waals surface area contributed by atoms with E-state index in [1.165, 1.54) is 0 Å². The van der Waals surface area contributed by atoms with Crippen molar-refractivity contribution in [1.82, 2.24) is 10.2 Å². The molecule has 0 aromatic heterocycles. The molecule has 1 fully saturated rings. The largest absolute Gasteiger partial charge is 0.399 e. The molecule has 1 aromatic carbocycles. The first-order valence-electron chi connectivity index (χ1n) is 7.07. The summed E-state index contributed by atoms with van der Waals surface area (Å²) in [5.41, 5.74) is 7.81. The number of hydrogen-bond donors (Lipinski definition) is 2. The van der Waals surface area contributed by atoms with Crippen LogP contribution in [-0.4, -0.2) is 49.1 Å². The first-order valence-corrected chi connectivity index (χ1v) is 7.07. The van der Waals surface area contributed by atoms with E-state index in [4.69, 9.17) is 10.5 Å². The summed E-state index contributed by atoms with van der Waals surface area (Å²) >= 11 is 0. The molecule has 0 saturated carbocycles. The third-order valence-corrected chi connectivity index (χ3v) is 3.56. The first kappa shape index (κ1) is 15.3. The highest BCUT2D eigenvalue weighted by Gasteiger charge is 2.33. The number of nitrogen functional groups attached to an aromatic ring is 1. The van der Waals surface area contributed by atoms with Crippen LogP contribution in [0.15, 0.2) is 18.2 Å². The number of carbonyl (C=O) groups is 2. The number of aryl methyl sites for hydroxylation is 1. The van der Waals surface area contributed by atoms with Gasteiger partial charge in [0.15, 0.2) is 0 Å². The molecule has 6 heteroatoms. The van der Waals surface area contributed by atoms with Crippen molar-refractivity contribution in [2.45, 2.75) is 19.9 Å². The lowest BCUT2D eigenvalue weighted by atomic mass is 10.1. The van der Waals surface area contributed by atoms with Crippen molar-refractivity contribution in [3.05, 3.63) is 29.3 Å². The minimum Gasteiger partial charge on any atom is -0.399 e. The van der Waals surface area contributed by atoms with Crippen molar-refractivity contribution in [2.75, 3.05) is 32.0 Å². The average Bonchev–Trinajstić information content (AvgIpc) is 2.49. The SMILES string of the molecule is CCNC(=O)C1COCCN1C(=O)c1ccc(N)c(C)c1. The number of anilines is 1. The monoisotopic (exact) mass is 291 g/mol. The number of amides is 2. The fourth-order valence-electron chi connectivity index (χ4n) is 2.33. The zero-order valence-electron chi connectivity index (χ0n) is 12.4. The predicted molar refractivity (Wildman–Crippen MR) is 79.9 cm³/mol. The molecular formula is C15H21N3O3. The van der Waals surface area contributed by atoms with Gasteiger partial charge >= 0.3 is 0 Å². The number of likely N-dealkylation sites (N-methyl/N-ethyl adjacent to an activating group) is 1. The molecule has 1 heterocycles. The molecule has 3 N–H and O–H groups in total. The van der Waals surface area contributed by atoms with Crippen LogP contribution in [0.25, 0.3) is 0 Å². The molecule has 1 atom stereocenters. The van der Waals surface area contributed by atoms with Crippen LogP contribution in [0.5, 0.6) is 0 Å². The third kappa shape index (κ3) is 3.33. The smallest absolute Gasteiger partial charge is 0.254 e. The van der Waals surface area contributed by atoms with Gasteiger partial charge in [0.25, 0.3) is 5.91 Å². The van der Waals surface area contributed by atoms with Gasteiger partial charge < -0.3 is 20.7 Å². The van der Waals surface area contributed by atoms with E-state index in [0.717, 1.165) is 5.56 Å². The Morgan fingerprint density at radius 2 is 2.24 bits per heavy atom. The highest BCUT2D eigenvalue weighted by molar-refractivity contribution is 5.98. The summed E-state index contributed by atoms with van der Waals surface area (Å²) in [6.07, 6.45) is 0. The van der Waals surface area contributed by atoms with E-state index in [0.29, 0.717) is 30.9 Å². The Bertz CT molecular complexity index is 545. The zero-order valence-corrected chi connectivity index (χ0v) is 12.4. The van der Waals surface area contributed by atoms with Crippen molar-refractivity contribution >= 4 is 17.5 Å². The van der Waals surface area contributed by atoms with Gasteiger partial charge in [-0.1, -0.05) is 0 Å². The van der Waals surface area contributed by atoms with E-state index in [1.807, 2.05) is 13.8 Å². The summed E-state index contributed by atoms with van der Waals surface area (Å²) < 4.78 is 5.33. The lowest BCUT2D eigenvalue weighted by Crippen LogP contribution is -2.55. The highest BCUT2D eigenvalue weighted by atomic mass is 16.5. The van der Waals surface area contributed by atoms with Crippen LogP contribution >= 0.6 is 0 Å². The molecule has 1 aliphatic heterocycles. The highest BCUT2D eigenvalue weighted by Crippen LogP contribution is 2.17. The van der Waals surface area contributed by atoms with Crippen LogP contribution in [0.4, 0.5) is 5.69 Å². The molecule has 6 nitrogen and oxygen atoms in total. The fourth-order valence-corrected chi connectivity index (χ4v) is 2.33.